The van der Waals surface area contributed by atoms with Crippen LogP contribution in [0.4, 0.5) is 0 Å². The van der Waals surface area contributed by atoms with E-state index in [1.165, 1.54) is 0 Å². The van der Waals surface area contributed by atoms with Crippen LogP contribution in [0.2, 0.25) is 0 Å². The van der Waals surface area contributed by atoms with Gasteiger partial charge in [-0.15, -0.1) is 0 Å². The van der Waals surface area contributed by atoms with E-state index in [9.17, 15) is 4.79 Å². The van der Waals surface area contributed by atoms with Gasteiger partial charge in [0.15, 0.2) is 0 Å². The summed E-state index contributed by atoms with van der Waals surface area (Å²) in [5.74, 6) is -0.363. The van der Waals surface area contributed by atoms with E-state index in [1.54, 1.807) is 18.2 Å². The first-order chi connectivity index (χ1) is 10.8. The fourth-order valence-corrected chi connectivity index (χ4v) is 2.59. The van der Waals surface area contributed by atoms with Crippen LogP contribution in [0.15, 0.2) is 73.3 Å². The summed E-state index contributed by atoms with van der Waals surface area (Å²) >= 11 is 0. The summed E-state index contributed by atoms with van der Waals surface area (Å²) in [6, 6.07) is 19.0. The largest absolute Gasteiger partial charge is 0.454 e. The third-order valence-corrected chi connectivity index (χ3v) is 3.78. The maximum Gasteiger partial charge on any atom is 0.338 e. The van der Waals surface area contributed by atoms with Crippen LogP contribution in [-0.2, 0) is 9.47 Å². The van der Waals surface area contributed by atoms with Crippen molar-refractivity contribution < 1.29 is 14.3 Å². The van der Waals surface area contributed by atoms with E-state index >= 15 is 0 Å². The van der Waals surface area contributed by atoms with Crippen LogP contribution in [0, 0.1) is 0 Å². The van der Waals surface area contributed by atoms with Crippen LogP contribution in [0.5, 0.6) is 0 Å². The van der Waals surface area contributed by atoms with Crippen LogP contribution in [0.1, 0.15) is 21.8 Å². The second kappa shape index (κ2) is 6.58. The van der Waals surface area contributed by atoms with Gasteiger partial charge in [-0.2, -0.15) is 0 Å². The molecule has 0 N–H and O–H groups in total. The predicted octanol–water partition coefficient (Wildman–Crippen LogP) is 3.58. The molecular formula is C19H18O3. The lowest BCUT2D eigenvalue weighted by Crippen LogP contribution is -2.27. The summed E-state index contributed by atoms with van der Waals surface area (Å²) in [7, 11) is 0. The summed E-state index contributed by atoms with van der Waals surface area (Å²) in [5.41, 5.74) is 1.63. The van der Waals surface area contributed by atoms with Gasteiger partial charge in [-0.25, -0.2) is 4.79 Å². The van der Waals surface area contributed by atoms with Crippen molar-refractivity contribution in [2.24, 2.45) is 0 Å². The lowest BCUT2D eigenvalue weighted by Gasteiger charge is -2.23. The SMILES string of the molecule is C=C[C@@H](OC(=O)c1ccccc1)[C@@H](c1ccccc1)[C@@H]1CO1. The Morgan fingerprint density at radius 1 is 1.14 bits per heavy atom. The Balaban J connectivity index is 1.80. The molecule has 3 atom stereocenters. The average molecular weight is 294 g/mol. The highest BCUT2D eigenvalue weighted by Gasteiger charge is 2.39. The molecule has 0 amide bonds. The standard InChI is InChI=1S/C19H18O3/c1-2-16(22-19(20)15-11-7-4-8-12-15)18(17-13-21-17)14-9-5-3-6-10-14/h2-12,16-18H,1,13H2/t16-,17+,18-/m1/s1. The van der Waals surface area contributed by atoms with Gasteiger partial charge in [0.05, 0.1) is 24.2 Å². The van der Waals surface area contributed by atoms with E-state index < -0.39 is 6.10 Å². The zero-order valence-electron chi connectivity index (χ0n) is 12.2. The van der Waals surface area contributed by atoms with E-state index in [0.29, 0.717) is 12.2 Å². The highest BCUT2D eigenvalue weighted by molar-refractivity contribution is 5.89. The first-order valence-corrected chi connectivity index (χ1v) is 7.34. The monoisotopic (exact) mass is 294 g/mol. The first-order valence-electron chi connectivity index (χ1n) is 7.34. The quantitative estimate of drug-likeness (QED) is 0.464. The van der Waals surface area contributed by atoms with Gasteiger partial charge in [-0.1, -0.05) is 61.2 Å². The van der Waals surface area contributed by atoms with Crippen molar-refractivity contribution in [3.63, 3.8) is 0 Å². The molecule has 2 aromatic carbocycles. The van der Waals surface area contributed by atoms with Gasteiger partial charge in [-0.3, -0.25) is 0 Å². The van der Waals surface area contributed by atoms with Crippen LogP contribution < -0.4 is 0 Å². The fourth-order valence-electron chi connectivity index (χ4n) is 2.59. The number of ether oxygens (including phenoxy) is 2. The molecule has 0 saturated carbocycles. The van der Waals surface area contributed by atoms with Crippen LogP contribution in [-0.4, -0.2) is 24.8 Å². The third-order valence-electron chi connectivity index (χ3n) is 3.78. The van der Waals surface area contributed by atoms with Crippen molar-refractivity contribution in [2.45, 2.75) is 18.1 Å². The molecule has 112 valence electrons. The van der Waals surface area contributed by atoms with Crippen molar-refractivity contribution in [1.82, 2.24) is 0 Å². The molecule has 3 nitrogen and oxygen atoms in total. The van der Waals surface area contributed by atoms with Crippen molar-refractivity contribution in [3.05, 3.63) is 84.4 Å². The van der Waals surface area contributed by atoms with Gasteiger partial charge in [0.25, 0.3) is 0 Å². The number of carbonyl (C=O) groups is 1. The van der Waals surface area contributed by atoms with E-state index in [1.807, 2.05) is 48.5 Å². The smallest absolute Gasteiger partial charge is 0.338 e. The molecule has 2 aromatic rings. The Morgan fingerprint density at radius 2 is 1.73 bits per heavy atom. The van der Waals surface area contributed by atoms with Gasteiger partial charge >= 0.3 is 5.97 Å². The normalized spacial score (nSPS) is 19.0. The summed E-state index contributed by atoms with van der Waals surface area (Å²) in [6.07, 6.45) is 1.34. The molecule has 1 aliphatic rings. The van der Waals surface area contributed by atoms with Crippen molar-refractivity contribution in [1.29, 1.82) is 0 Å². The van der Waals surface area contributed by atoms with E-state index in [4.69, 9.17) is 9.47 Å². The molecule has 1 saturated heterocycles. The Labute approximate surface area is 130 Å². The summed E-state index contributed by atoms with van der Waals surface area (Å²) < 4.78 is 11.1. The third kappa shape index (κ3) is 3.26. The maximum atomic E-state index is 12.3. The zero-order chi connectivity index (χ0) is 15.4. The Bertz CT molecular complexity index is 632. The van der Waals surface area contributed by atoms with Crippen molar-refractivity contribution >= 4 is 5.97 Å². The topological polar surface area (TPSA) is 38.8 Å². The Kier molecular flexibility index (Phi) is 4.35. The van der Waals surface area contributed by atoms with Gasteiger partial charge in [-0.05, 0) is 17.7 Å². The minimum Gasteiger partial charge on any atom is -0.454 e. The molecule has 0 aromatic heterocycles. The summed E-state index contributed by atoms with van der Waals surface area (Å²) in [6.45, 7) is 4.52. The van der Waals surface area contributed by atoms with Gasteiger partial charge in [0, 0.05) is 0 Å². The van der Waals surface area contributed by atoms with Crippen LogP contribution >= 0.6 is 0 Å². The van der Waals surface area contributed by atoms with Crippen molar-refractivity contribution in [2.75, 3.05) is 6.61 Å². The molecule has 1 fully saturated rings. The highest BCUT2D eigenvalue weighted by atomic mass is 16.6. The number of hydrogen-bond donors (Lipinski definition) is 0. The lowest BCUT2D eigenvalue weighted by molar-refractivity contribution is 0.0324. The zero-order valence-corrected chi connectivity index (χ0v) is 12.2. The van der Waals surface area contributed by atoms with E-state index in [2.05, 4.69) is 6.58 Å². The minimum atomic E-state index is -0.414. The molecular weight excluding hydrogens is 276 g/mol. The second-order valence-electron chi connectivity index (χ2n) is 5.28. The molecule has 0 bridgehead atoms. The number of benzene rings is 2. The van der Waals surface area contributed by atoms with Gasteiger partial charge < -0.3 is 9.47 Å². The maximum absolute atomic E-state index is 12.3. The highest BCUT2D eigenvalue weighted by Crippen LogP contribution is 2.35. The van der Waals surface area contributed by atoms with Crippen molar-refractivity contribution in [3.8, 4) is 0 Å². The molecule has 0 spiro atoms. The van der Waals surface area contributed by atoms with E-state index in [-0.39, 0.29) is 18.0 Å². The summed E-state index contributed by atoms with van der Waals surface area (Å²) in [5, 5.41) is 0. The second-order valence-corrected chi connectivity index (χ2v) is 5.28. The molecule has 0 unspecified atom stereocenters. The first kappa shape index (κ1) is 14.5. The van der Waals surface area contributed by atoms with Crippen LogP contribution in [0.3, 0.4) is 0 Å². The van der Waals surface area contributed by atoms with Gasteiger partial charge in [0.2, 0.25) is 0 Å². The number of esters is 1. The Morgan fingerprint density at radius 3 is 2.27 bits per heavy atom. The van der Waals surface area contributed by atoms with E-state index in [0.717, 1.165) is 5.56 Å². The van der Waals surface area contributed by atoms with Crippen LogP contribution in [0.25, 0.3) is 0 Å². The molecule has 3 rings (SSSR count). The minimum absolute atomic E-state index is 0.0219. The summed E-state index contributed by atoms with van der Waals surface area (Å²) in [4.78, 5) is 12.3. The number of epoxide rings is 1. The molecule has 3 heteroatoms. The molecule has 0 aliphatic carbocycles. The lowest BCUT2D eigenvalue weighted by atomic mass is 9.90. The molecule has 22 heavy (non-hydrogen) atoms. The Hall–Kier alpha value is -2.39. The number of rotatable bonds is 6. The average Bonchev–Trinajstić information content (AvgIpc) is 3.40. The number of hydrogen-bond acceptors (Lipinski definition) is 3. The molecule has 1 aliphatic heterocycles. The van der Waals surface area contributed by atoms with Gasteiger partial charge in [0.1, 0.15) is 6.10 Å². The fraction of sp³-hybridized carbons (Fsp3) is 0.211. The molecule has 0 radical (unpaired) electrons. The number of carbonyl (C=O) groups excluding carboxylic acids is 1. The molecule has 1 heterocycles. The predicted molar refractivity (Wildman–Crippen MR) is 84.8 cm³/mol.